The number of aliphatic carboxylic acids is 1. The average molecular weight is 389 g/mol. The minimum absolute atomic E-state index is 0.125. The second-order valence-electron chi connectivity index (χ2n) is 6.27. The van der Waals surface area contributed by atoms with E-state index in [0.717, 1.165) is 10.4 Å². The Balaban J connectivity index is 2.15. The Morgan fingerprint density at radius 3 is 2.38 bits per heavy atom. The van der Waals surface area contributed by atoms with E-state index in [4.69, 9.17) is 16.0 Å². The van der Waals surface area contributed by atoms with Gasteiger partial charge in [0.2, 0.25) is 5.78 Å². The van der Waals surface area contributed by atoms with Crippen molar-refractivity contribution >= 4 is 34.7 Å². The topological polar surface area (TPSA) is 67.5 Å². The van der Waals surface area contributed by atoms with Crippen LogP contribution in [0.15, 0.2) is 53.1 Å². The Morgan fingerprint density at radius 1 is 1.15 bits per heavy atom. The number of rotatable bonds is 6. The third-order valence-corrected chi connectivity index (χ3v) is 5.55. The Bertz CT molecular complexity index is 923. The molecule has 1 N–H and O–H groups in total. The number of hydrogen-bond acceptors (Lipinski definition) is 4. The van der Waals surface area contributed by atoms with Gasteiger partial charge in [0.1, 0.15) is 0 Å². The molecule has 1 unspecified atom stereocenters. The predicted octanol–water partition coefficient (Wildman–Crippen LogP) is 5.72. The van der Waals surface area contributed by atoms with E-state index in [1.807, 2.05) is 26.0 Å². The average Bonchev–Trinajstić information content (AvgIpc) is 3.24. The van der Waals surface area contributed by atoms with Crippen LogP contribution >= 0.6 is 22.9 Å². The van der Waals surface area contributed by atoms with Crippen LogP contribution < -0.4 is 0 Å². The summed E-state index contributed by atoms with van der Waals surface area (Å²) in [5, 5.41) is 10.3. The second kappa shape index (κ2) is 7.48. The van der Waals surface area contributed by atoms with Crippen LogP contribution in [0.25, 0.3) is 10.4 Å². The molecule has 4 nitrogen and oxygen atoms in total. The number of thiophene rings is 1. The van der Waals surface area contributed by atoms with Crippen molar-refractivity contribution in [1.29, 1.82) is 0 Å². The first-order chi connectivity index (χ1) is 12.4. The number of carbonyl (C=O) groups excluding carboxylic acids is 1. The Hall–Kier alpha value is -2.37. The lowest BCUT2D eigenvalue weighted by molar-refractivity contribution is -0.139. The molecular weight excluding hydrogens is 372 g/mol. The van der Waals surface area contributed by atoms with Crippen molar-refractivity contribution in [2.24, 2.45) is 5.92 Å². The van der Waals surface area contributed by atoms with Gasteiger partial charge < -0.3 is 9.52 Å². The third kappa shape index (κ3) is 3.59. The first kappa shape index (κ1) is 18.4. The highest BCUT2D eigenvalue weighted by atomic mass is 35.5. The maximum atomic E-state index is 12.7. The summed E-state index contributed by atoms with van der Waals surface area (Å²) in [7, 11) is 0. The number of benzene rings is 1. The van der Waals surface area contributed by atoms with E-state index in [1.165, 1.54) is 17.6 Å². The quantitative estimate of drug-likeness (QED) is 0.548. The fourth-order valence-corrected chi connectivity index (χ4v) is 4.16. The van der Waals surface area contributed by atoms with Crippen LogP contribution in [0.2, 0.25) is 5.02 Å². The standard InChI is InChI=1S/C20H17ClO4S/c1-11(2)17(20(23)24)14-10-16(18(22)15-4-3-9-25-15)26-19(14)12-5-7-13(21)8-6-12/h3-11,17H,1-2H3,(H,23,24). The van der Waals surface area contributed by atoms with E-state index in [1.54, 1.807) is 30.3 Å². The zero-order valence-electron chi connectivity index (χ0n) is 14.2. The van der Waals surface area contributed by atoms with Gasteiger partial charge in [0.25, 0.3) is 0 Å². The summed E-state index contributed by atoms with van der Waals surface area (Å²) in [5.74, 6) is -1.77. The number of carbonyl (C=O) groups is 2. The molecule has 0 aliphatic heterocycles. The lowest BCUT2D eigenvalue weighted by atomic mass is 9.87. The first-order valence-electron chi connectivity index (χ1n) is 8.09. The molecule has 1 atom stereocenters. The normalized spacial score (nSPS) is 12.3. The molecular formula is C20H17ClO4S. The van der Waals surface area contributed by atoms with Gasteiger partial charge in [-0.2, -0.15) is 0 Å². The third-order valence-electron chi connectivity index (χ3n) is 4.10. The van der Waals surface area contributed by atoms with Crippen LogP contribution in [-0.2, 0) is 4.79 Å². The van der Waals surface area contributed by atoms with Crippen LogP contribution in [0, 0.1) is 5.92 Å². The molecule has 6 heteroatoms. The maximum absolute atomic E-state index is 12.7. The molecule has 0 spiro atoms. The molecule has 0 aliphatic carbocycles. The van der Waals surface area contributed by atoms with Gasteiger partial charge in [0, 0.05) is 9.90 Å². The minimum atomic E-state index is -0.912. The van der Waals surface area contributed by atoms with E-state index in [0.29, 0.717) is 15.5 Å². The van der Waals surface area contributed by atoms with E-state index >= 15 is 0 Å². The van der Waals surface area contributed by atoms with Crippen molar-refractivity contribution in [3.63, 3.8) is 0 Å². The van der Waals surface area contributed by atoms with Gasteiger partial charge in [-0.1, -0.05) is 37.6 Å². The van der Waals surface area contributed by atoms with Crippen LogP contribution in [0.4, 0.5) is 0 Å². The molecule has 0 amide bonds. The van der Waals surface area contributed by atoms with Crippen molar-refractivity contribution in [2.45, 2.75) is 19.8 Å². The minimum Gasteiger partial charge on any atom is -0.481 e. The second-order valence-corrected chi connectivity index (χ2v) is 7.76. The Morgan fingerprint density at radius 2 is 1.85 bits per heavy atom. The van der Waals surface area contributed by atoms with Gasteiger partial charge in [0.15, 0.2) is 5.76 Å². The van der Waals surface area contributed by atoms with Crippen LogP contribution in [0.3, 0.4) is 0 Å². The Labute approximate surface area is 160 Å². The summed E-state index contributed by atoms with van der Waals surface area (Å²) in [4.78, 5) is 25.7. The Kier molecular flexibility index (Phi) is 5.30. The van der Waals surface area contributed by atoms with E-state index in [9.17, 15) is 14.7 Å². The van der Waals surface area contributed by atoms with Gasteiger partial charge >= 0.3 is 5.97 Å². The molecule has 26 heavy (non-hydrogen) atoms. The monoisotopic (exact) mass is 388 g/mol. The number of furan rings is 1. The SMILES string of the molecule is CC(C)C(C(=O)O)c1cc(C(=O)c2ccco2)sc1-c1ccc(Cl)cc1. The molecule has 3 rings (SSSR count). The van der Waals surface area contributed by atoms with Crippen molar-refractivity contribution in [3.8, 4) is 10.4 Å². The number of carboxylic acids is 1. The smallest absolute Gasteiger partial charge is 0.311 e. The number of ketones is 1. The molecule has 3 aromatic rings. The molecule has 2 heterocycles. The van der Waals surface area contributed by atoms with Crippen molar-refractivity contribution < 1.29 is 19.1 Å². The number of halogens is 1. The van der Waals surface area contributed by atoms with Crippen LogP contribution in [0.5, 0.6) is 0 Å². The van der Waals surface area contributed by atoms with Crippen molar-refractivity contribution in [2.75, 3.05) is 0 Å². The maximum Gasteiger partial charge on any atom is 0.311 e. The summed E-state index contributed by atoms with van der Waals surface area (Å²) < 4.78 is 5.20. The molecule has 0 fully saturated rings. The molecule has 1 aromatic carbocycles. The molecule has 0 bridgehead atoms. The van der Waals surface area contributed by atoms with Gasteiger partial charge in [-0.15, -0.1) is 11.3 Å². The highest BCUT2D eigenvalue weighted by Crippen LogP contribution is 2.41. The zero-order chi connectivity index (χ0) is 18.8. The summed E-state index contributed by atoms with van der Waals surface area (Å²) in [5.41, 5.74) is 1.47. The summed E-state index contributed by atoms with van der Waals surface area (Å²) in [6, 6.07) is 12.1. The largest absolute Gasteiger partial charge is 0.481 e. The van der Waals surface area contributed by atoms with Crippen LogP contribution in [0.1, 0.15) is 40.8 Å². The predicted molar refractivity (Wildman–Crippen MR) is 102 cm³/mol. The molecule has 2 aromatic heterocycles. The number of carboxylic acid groups (broad SMARTS) is 1. The lowest BCUT2D eigenvalue weighted by Crippen LogP contribution is -2.17. The lowest BCUT2D eigenvalue weighted by Gasteiger charge is -2.17. The van der Waals surface area contributed by atoms with Gasteiger partial charge in [-0.25, -0.2) is 0 Å². The highest BCUT2D eigenvalue weighted by molar-refractivity contribution is 7.17. The molecule has 134 valence electrons. The summed E-state index contributed by atoms with van der Waals surface area (Å²) in [6.45, 7) is 3.71. The zero-order valence-corrected chi connectivity index (χ0v) is 15.8. The van der Waals surface area contributed by atoms with Crippen LogP contribution in [-0.4, -0.2) is 16.9 Å². The molecule has 0 radical (unpaired) electrons. The van der Waals surface area contributed by atoms with E-state index in [-0.39, 0.29) is 17.5 Å². The van der Waals surface area contributed by atoms with E-state index in [2.05, 4.69) is 0 Å². The summed E-state index contributed by atoms with van der Waals surface area (Å²) >= 11 is 7.24. The van der Waals surface area contributed by atoms with Crippen molar-refractivity contribution in [3.05, 3.63) is 70.0 Å². The van der Waals surface area contributed by atoms with Gasteiger partial charge in [-0.05, 0) is 47.4 Å². The molecule has 0 aliphatic rings. The highest BCUT2D eigenvalue weighted by Gasteiger charge is 2.30. The van der Waals surface area contributed by atoms with E-state index < -0.39 is 11.9 Å². The van der Waals surface area contributed by atoms with Gasteiger partial charge in [0.05, 0.1) is 17.1 Å². The summed E-state index contributed by atoms with van der Waals surface area (Å²) in [6.07, 6.45) is 1.44. The molecule has 0 saturated heterocycles. The van der Waals surface area contributed by atoms with Gasteiger partial charge in [-0.3, -0.25) is 9.59 Å². The fraction of sp³-hybridized carbons (Fsp3) is 0.200. The first-order valence-corrected chi connectivity index (χ1v) is 9.28. The molecule has 0 saturated carbocycles. The number of hydrogen-bond donors (Lipinski definition) is 1. The fourth-order valence-electron chi connectivity index (χ4n) is 2.88. The van der Waals surface area contributed by atoms with Crippen molar-refractivity contribution in [1.82, 2.24) is 0 Å².